The molecule has 0 saturated carbocycles. The second kappa shape index (κ2) is 7.73. The molecule has 1 aliphatic heterocycles. The molecule has 6 heteroatoms. The highest BCUT2D eigenvalue weighted by Crippen LogP contribution is 2.22. The molecule has 0 amide bonds. The maximum Gasteiger partial charge on any atom is 0.281 e. The van der Waals surface area contributed by atoms with E-state index in [-0.39, 0.29) is 6.04 Å². The Bertz CT molecular complexity index is 376. The molecular formula is C14H31N3O2S. The summed E-state index contributed by atoms with van der Waals surface area (Å²) in [4.78, 5) is 0. The van der Waals surface area contributed by atoms with E-state index in [1.54, 1.807) is 11.4 Å². The Kier molecular flexibility index (Phi) is 6.91. The Labute approximate surface area is 124 Å². The minimum atomic E-state index is -3.30. The van der Waals surface area contributed by atoms with Crippen molar-refractivity contribution in [3.63, 3.8) is 0 Å². The average molecular weight is 305 g/mol. The van der Waals surface area contributed by atoms with Gasteiger partial charge in [-0.1, -0.05) is 20.8 Å². The number of nitrogens with zero attached hydrogens (tertiary/aromatic N) is 2. The molecule has 0 aromatic rings. The van der Waals surface area contributed by atoms with Crippen LogP contribution in [0, 0.1) is 11.8 Å². The lowest BCUT2D eigenvalue weighted by atomic mass is 9.98. The van der Waals surface area contributed by atoms with Gasteiger partial charge in [0.15, 0.2) is 0 Å². The summed E-state index contributed by atoms with van der Waals surface area (Å²) in [5.41, 5.74) is 0. The van der Waals surface area contributed by atoms with Crippen molar-refractivity contribution in [2.45, 2.75) is 46.6 Å². The van der Waals surface area contributed by atoms with Crippen LogP contribution in [0.1, 0.15) is 40.5 Å². The van der Waals surface area contributed by atoms with E-state index in [2.05, 4.69) is 26.1 Å². The van der Waals surface area contributed by atoms with Crippen LogP contribution < -0.4 is 5.32 Å². The van der Waals surface area contributed by atoms with Crippen LogP contribution in [0.4, 0.5) is 0 Å². The number of hydrogen-bond acceptors (Lipinski definition) is 3. The van der Waals surface area contributed by atoms with Gasteiger partial charge in [0.1, 0.15) is 0 Å². The largest absolute Gasteiger partial charge is 0.317 e. The Hall–Kier alpha value is -0.170. The van der Waals surface area contributed by atoms with Crippen molar-refractivity contribution >= 4 is 10.2 Å². The van der Waals surface area contributed by atoms with Crippen LogP contribution in [0.3, 0.4) is 0 Å². The predicted molar refractivity (Wildman–Crippen MR) is 83.8 cm³/mol. The van der Waals surface area contributed by atoms with E-state index in [9.17, 15) is 8.42 Å². The first-order valence-electron chi connectivity index (χ1n) is 7.74. The number of rotatable bonds is 7. The second-order valence-electron chi connectivity index (χ2n) is 6.16. The predicted octanol–water partition coefficient (Wildman–Crippen LogP) is 1.53. The molecule has 1 rings (SSSR count). The number of hydrogen-bond donors (Lipinski definition) is 1. The smallest absolute Gasteiger partial charge is 0.281 e. The Morgan fingerprint density at radius 2 is 1.80 bits per heavy atom. The van der Waals surface area contributed by atoms with Crippen LogP contribution >= 0.6 is 0 Å². The fraction of sp³-hybridized carbons (Fsp3) is 1.00. The molecule has 1 N–H and O–H groups in total. The van der Waals surface area contributed by atoms with Gasteiger partial charge in [-0.05, 0) is 44.7 Å². The molecule has 0 radical (unpaired) electrons. The summed E-state index contributed by atoms with van der Waals surface area (Å²) in [5.74, 6) is 0.926. The van der Waals surface area contributed by atoms with Crippen molar-refractivity contribution in [2.24, 2.45) is 11.8 Å². The van der Waals surface area contributed by atoms with Crippen molar-refractivity contribution in [1.82, 2.24) is 13.9 Å². The van der Waals surface area contributed by atoms with Crippen LogP contribution in [0.25, 0.3) is 0 Å². The van der Waals surface area contributed by atoms with Crippen molar-refractivity contribution in [3.05, 3.63) is 0 Å². The highest BCUT2D eigenvalue weighted by Gasteiger charge is 2.33. The van der Waals surface area contributed by atoms with E-state index in [1.807, 2.05) is 6.92 Å². The summed E-state index contributed by atoms with van der Waals surface area (Å²) in [6.45, 7) is 11.5. The monoisotopic (exact) mass is 305 g/mol. The van der Waals surface area contributed by atoms with Crippen LogP contribution in [-0.2, 0) is 10.2 Å². The molecule has 1 fully saturated rings. The number of piperidine rings is 1. The highest BCUT2D eigenvalue weighted by atomic mass is 32.2. The Morgan fingerprint density at radius 1 is 1.25 bits per heavy atom. The van der Waals surface area contributed by atoms with Crippen LogP contribution in [-0.4, -0.2) is 56.3 Å². The van der Waals surface area contributed by atoms with Gasteiger partial charge in [-0.3, -0.25) is 0 Å². The molecule has 120 valence electrons. The molecule has 0 aliphatic carbocycles. The molecule has 0 aromatic carbocycles. The van der Waals surface area contributed by atoms with E-state index < -0.39 is 10.2 Å². The number of nitrogens with one attached hydrogen (secondary N) is 1. The van der Waals surface area contributed by atoms with Crippen LogP contribution in [0.2, 0.25) is 0 Å². The zero-order chi connectivity index (χ0) is 15.3. The van der Waals surface area contributed by atoms with Gasteiger partial charge < -0.3 is 5.32 Å². The van der Waals surface area contributed by atoms with Gasteiger partial charge in [0.25, 0.3) is 10.2 Å². The normalized spacial score (nSPS) is 20.8. The lowest BCUT2D eigenvalue weighted by Crippen LogP contribution is -2.50. The third kappa shape index (κ3) is 4.41. The van der Waals surface area contributed by atoms with Crippen LogP contribution in [0.15, 0.2) is 0 Å². The molecule has 1 saturated heterocycles. The molecule has 0 spiro atoms. The minimum Gasteiger partial charge on any atom is -0.317 e. The molecule has 5 nitrogen and oxygen atoms in total. The van der Waals surface area contributed by atoms with E-state index in [1.165, 1.54) is 4.31 Å². The lowest BCUT2D eigenvalue weighted by molar-refractivity contribution is 0.236. The molecule has 1 atom stereocenters. The fourth-order valence-corrected chi connectivity index (χ4v) is 4.20. The zero-order valence-electron chi connectivity index (χ0n) is 13.6. The van der Waals surface area contributed by atoms with E-state index in [0.29, 0.717) is 24.9 Å². The van der Waals surface area contributed by atoms with Gasteiger partial charge in [-0.25, -0.2) is 0 Å². The quantitative estimate of drug-likeness (QED) is 0.776. The lowest BCUT2D eigenvalue weighted by Gasteiger charge is -2.36. The van der Waals surface area contributed by atoms with Crippen molar-refractivity contribution in [3.8, 4) is 0 Å². The second-order valence-corrected chi connectivity index (χ2v) is 8.15. The van der Waals surface area contributed by atoms with Gasteiger partial charge in [0, 0.05) is 26.2 Å². The Morgan fingerprint density at radius 3 is 2.25 bits per heavy atom. The third-order valence-corrected chi connectivity index (χ3v) is 6.56. The molecule has 0 bridgehead atoms. The van der Waals surface area contributed by atoms with E-state index in [0.717, 1.165) is 25.9 Å². The first-order chi connectivity index (χ1) is 9.30. The molecule has 1 aliphatic rings. The molecule has 1 heterocycles. The first-order valence-corrected chi connectivity index (χ1v) is 9.14. The van der Waals surface area contributed by atoms with E-state index >= 15 is 0 Å². The topological polar surface area (TPSA) is 52.7 Å². The van der Waals surface area contributed by atoms with Gasteiger partial charge in [0.05, 0.1) is 0 Å². The standard InChI is InChI=1S/C14H31N3O2S/c1-6-15-11-14-7-9-17(10-8-14)20(18,19)16(5)13(4)12(2)3/h12-15H,6-11H2,1-5H3. The minimum absolute atomic E-state index is 0.0273. The van der Waals surface area contributed by atoms with Crippen molar-refractivity contribution < 1.29 is 8.42 Å². The van der Waals surface area contributed by atoms with Gasteiger partial charge in [-0.2, -0.15) is 17.0 Å². The van der Waals surface area contributed by atoms with Crippen molar-refractivity contribution in [2.75, 3.05) is 33.2 Å². The molecule has 1 unspecified atom stereocenters. The third-order valence-electron chi connectivity index (χ3n) is 4.49. The zero-order valence-corrected chi connectivity index (χ0v) is 14.4. The summed E-state index contributed by atoms with van der Waals surface area (Å²) in [7, 11) is -1.60. The molecule has 0 aromatic heterocycles. The average Bonchev–Trinajstić information content (AvgIpc) is 2.43. The Balaban J connectivity index is 2.58. The van der Waals surface area contributed by atoms with Gasteiger partial charge >= 0.3 is 0 Å². The maximum atomic E-state index is 12.6. The highest BCUT2D eigenvalue weighted by molar-refractivity contribution is 7.86. The summed E-state index contributed by atoms with van der Waals surface area (Å²) >= 11 is 0. The van der Waals surface area contributed by atoms with E-state index in [4.69, 9.17) is 0 Å². The molecule has 20 heavy (non-hydrogen) atoms. The SMILES string of the molecule is CCNCC1CCN(S(=O)(=O)N(C)C(C)C(C)C)CC1. The summed E-state index contributed by atoms with van der Waals surface area (Å²) in [6, 6.07) is 0.0273. The molecular weight excluding hydrogens is 274 g/mol. The summed E-state index contributed by atoms with van der Waals surface area (Å²) in [6.07, 6.45) is 1.91. The summed E-state index contributed by atoms with van der Waals surface area (Å²) < 4.78 is 28.4. The van der Waals surface area contributed by atoms with Crippen LogP contribution in [0.5, 0.6) is 0 Å². The maximum absolute atomic E-state index is 12.6. The first kappa shape index (κ1) is 17.9. The van der Waals surface area contributed by atoms with Gasteiger partial charge in [-0.15, -0.1) is 0 Å². The van der Waals surface area contributed by atoms with Crippen molar-refractivity contribution in [1.29, 1.82) is 0 Å². The summed E-state index contributed by atoms with van der Waals surface area (Å²) in [5, 5.41) is 3.35. The van der Waals surface area contributed by atoms with Gasteiger partial charge in [0.2, 0.25) is 0 Å². The fourth-order valence-electron chi connectivity index (χ4n) is 2.50.